The third-order valence-electron chi connectivity index (χ3n) is 4.70. The van der Waals surface area contributed by atoms with Crippen molar-refractivity contribution in [1.29, 1.82) is 0 Å². The zero-order valence-corrected chi connectivity index (χ0v) is 17.3. The Labute approximate surface area is 172 Å². The monoisotopic (exact) mass is 400 g/mol. The molecule has 0 spiro atoms. The van der Waals surface area contributed by atoms with E-state index in [1.807, 2.05) is 49.4 Å². The lowest BCUT2D eigenvalue weighted by Crippen LogP contribution is -2.27. The summed E-state index contributed by atoms with van der Waals surface area (Å²) in [6.07, 6.45) is 5.22. The third kappa shape index (κ3) is 5.76. The van der Waals surface area contributed by atoms with Gasteiger partial charge in [0.1, 0.15) is 5.75 Å². The fourth-order valence-corrected chi connectivity index (χ4v) is 3.46. The molecule has 0 amide bonds. The van der Waals surface area contributed by atoms with Crippen LogP contribution in [0.4, 0.5) is 5.69 Å². The van der Waals surface area contributed by atoms with Crippen molar-refractivity contribution >= 4 is 23.0 Å². The van der Waals surface area contributed by atoms with E-state index in [-0.39, 0.29) is 0 Å². The molecule has 0 saturated heterocycles. The average molecular weight is 401 g/mol. The van der Waals surface area contributed by atoms with Crippen molar-refractivity contribution in [2.45, 2.75) is 45.3 Å². The van der Waals surface area contributed by atoms with E-state index in [0.717, 1.165) is 41.3 Å². The number of hydrogen-bond acceptors (Lipinski definition) is 4. The second kappa shape index (κ2) is 10.2. The van der Waals surface area contributed by atoms with Crippen LogP contribution in [0, 0.1) is 0 Å². The molecular weight excluding hydrogens is 372 g/mol. The molecule has 0 radical (unpaired) electrons. The molecule has 0 aromatic heterocycles. The smallest absolute Gasteiger partial charge is 0.171 e. The predicted octanol–water partition coefficient (Wildman–Crippen LogP) is 4.90. The highest BCUT2D eigenvalue weighted by Gasteiger charge is 2.16. The summed E-state index contributed by atoms with van der Waals surface area (Å²) in [5.74, 6) is 2.38. The van der Waals surface area contributed by atoms with Gasteiger partial charge in [-0.05, 0) is 86.8 Å². The molecule has 6 heteroatoms. The number of methoxy groups -OCH3 is 1. The molecule has 1 fully saturated rings. The standard InChI is InChI=1S/C22H28N2O3S/c1-3-26-21-14-16(8-13-20(21)25-2)15-23-22(28)24-17-9-11-19(12-10-17)27-18-6-4-5-7-18/h8-14,18H,3-7,15H2,1-2H3,(H2,23,24,28). The van der Waals surface area contributed by atoms with Crippen molar-refractivity contribution in [1.82, 2.24) is 5.32 Å². The predicted molar refractivity (Wildman–Crippen MR) is 117 cm³/mol. The Bertz CT molecular complexity index is 774. The first kappa shape index (κ1) is 20.3. The maximum absolute atomic E-state index is 5.99. The number of hydrogen-bond donors (Lipinski definition) is 2. The van der Waals surface area contributed by atoms with Crippen molar-refractivity contribution in [2.75, 3.05) is 19.0 Å². The molecule has 1 saturated carbocycles. The van der Waals surface area contributed by atoms with Crippen LogP contribution in [0.25, 0.3) is 0 Å². The number of thiocarbonyl (C=S) groups is 1. The molecule has 0 aliphatic heterocycles. The van der Waals surface area contributed by atoms with Gasteiger partial charge in [0.15, 0.2) is 16.6 Å². The van der Waals surface area contributed by atoms with E-state index in [1.165, 1.54) is 12.8 Å². The summed E-state index contributed by atoms with van der Waals surface area (Å²) >= 11 is 5.41. The molecule has 5 nitrogen and oxygen atoms in total. The second-order valence-corrected chi connectivity index (χ2v) is 7.18. The molecule has 3 rings (SSSR count). The van der Waals surface area contributed by atoms with E-state index in [2.05, 4.69) is 10.6 Å². The summed E-state index contributed by atoms with van der Waals surface area (Å²) in [5, 5.41) is 6.99. The zero-order chi connectivity index (χ0) is 19.8. The molecule has 0 bridgehead atoms. The molecule has 2 aromatic rings. The van der Waals surface area contributed by atoms with Gasteiger partial charge >= 0.3 is 0 Å². The SMILES string of the molecule is CCOc1cc(CNC(=S)Nc2ccc(OC3CCCC3)cc2)ccc1OC. The molecule has 0 atom stereocenters. The minimum atomic E-state index is 0.368. The van der Waals surface area contributed by atoms with Gasteiger partial charge in [-0.25, -0.2) is 0 Å². The van der Waals surface area contributed by atoms with E-state index in [4.69, 9.17) is 26.4 Å². The number of ether oxygens (including phenoxy) is 3. The van der Waals surface area contributed by atoms with Gasteiger partial charge < -0.3 is 24.8 Å². The van der Waals surface area contributed by atoms with Gasteiger partial charge in [-0.3, -0.25) is 0 Å². The Kier molecular flexibility index (Phi) is 7.37. The van der Waals surface area contributed by atoms with Crippen LogP contribution in [0.3, 0.4) is 0 Å². The van der Waals surface area contributed by atoms with Gasteiger partial charge in [-0.15, -0.1) is 0 Å². The van der Waals surface area contributed by atoms with Crippen molar-refractivity contribution in [3.63, 3.8) is 0 Å². The lowest BCUT2D eigenvalue weighted by Gasteiger charge is -2.15. The lowest BCUT2D eigenvalue weighted by molar-refractivity contribution is 0.210. The van der Waals surface area contributed by atoms with E-state index in [1.54, 1.807) is 7.11 Å². The van der Waals surface area contributed by atoms with Gasteiger partial charge in [0.2, 0.25) is 0 Å². The number of benzene rings is 2. The summed E-state index contributed by atoms with van der Waals surface area (Å²) in [7, 11) is 1.64. The van der Waals surface area contributed by atoms with Crippen LogP contribution >= 0.6 is 12.2 Å². The van der Waals surface area contributed by atoms with Crippen LogP contribution in [0.1, 0.15) is 38.2 Å². The van der Waals surface area contributed by atoms with Gasteiger partial charge in [0, 0.05) is 12.2 Å². The lowest BCUT2D eigenvalue weighted by atomic mass is 10.2. The molecule has 2 aromatic carbocycles. The summed E-state index contributed by atoms with van der Waals surface area (Å²) < 4.78 is 16.9. The molecule has 28 heavy (non-hydrogen) atoms. The van der Waals surface area contributed by atoms with E-state index in [0.29, 0.717) is 24.4 Å². The fourth-order valence-electron chi connectivity index (χ4n) is 3.27. The van der Waals surface area contributed by atoms with Crippen molar-refractivity contribution in [3.05, 3.63) is 48.0 Å². The second-order valence-electron chi connectivity index (χ2n) is 6.77. The van der Waals surface area contributed by atoms with Gasteiger partial charge in [-0.1, -0.05) is 6.07 Å². The Morgan fingerprint density at radius 1 is 1.07 bits per heavy atom. The minimum Gasteiger partial charge on any atom is -0.493 e. The van der Waals surface area contributed by atoms with Crippen molar-refractivity contribution < 1.29 is 14.2 Å². The highest BCUT2D eigenvalue weighted by molar-refractivity contribution is 7.80. The Balaban J connectivity index is 1.49. The van der Waals surface area contributed by atoms with Crippen LogP contribution in [-0.2, 0) is 6.54 Å². The van der Waals surface area contributed by atoms with Crippen LogP contribution in [0.15, 0.2) is 42.5 Å². The van der Waals surface area contributed by atoms with Crippen LogP contribution in [-0.4, -0.2) is 24.9 Å². The fraction of sp³-hybridized carbons (Fsp3) is 0.409. The maximum Gasteiger partial charge on any atom is 0.171 e. The van der Waals surface area contributed by atoms with Crippen LogP contribution < -0.4 is 24.8 Å². The largest absolute Gasteiger partial charge is 0.493 e. The van der Waals surface area contributed by atoms with Gasteiger partial charge in [0.25, 0.3) is 0 Å². The molecule has 0 heterocycles. The Morgan fingerprint density at radius 3 is 2.50 bits per heavy atom. The highest BCUT2D eigenvalue weighted by atomic mass is 32.1. The first-order valence-corrected chi connectivity index (χ1v) is 10.2. The van der Waals surface area contributed by atoms with E-state index >= 15 is 0 Å². The van der Waals surface area contributed by atoms with Crippen molar-refractivity contribution in [2.24, 2.45) is 0 Å². The molecular formula is C22H28N2O3S. The molecule has 1 aliphatic carbocycles. The van der Waals surface area contributed by atoms with Crippen molar-refractivity contribution in [3.8, 4) is 17.2 Å². The number of anilines is 1. The summed E-state index contributed by atoms with van der Waals surface area (Å²) in [6, 6.07) is 13.8. The van der Waals surface area contributed by atoms with Crippen LogP contribution in [0.2, 0.25) is 0 Å². The number of rotatable bonds is 8. The van der Waals surface area contributed by atoms with Gasteiger partial charge in [-0.2, -0.15) is 0 Å². The van der Waals surface area contributed by atoms with E-state index in [9.17, 15) is 0 Å². The first-order valence-electron chi connectivity index (χ1n) is 9.79. The highest BCUT2D eigenvalue weighted by Crippen LogP contribution is 2.28. The molecule has 0 unspecified atom stereocenters. The normalized spacial score (nSPS) is 13.8. The number of nitrogens with one attached hydrogen (secondary N) is 2. The molecule has 150 valence electrons. The Hall–Kier alpha value is -2.47. The summed E-state index contributed by atoms with van der Waals surface area (Å²) in [4.78, 5) is 0. The Morgan fingerprint density at radius 2 is 1.82 bits per heavy atom. The first-order chi connectivity index (χ1) is 13.7. The topological polar surface area (TPSA) is 51.8 Å². The summed E-state index contributed by atoms with van der Waals surface area (Å²) in [5.41, 5.74) is 2.00. The third-order valence-corrected chi connectivity index (χ3v) is 4.94. The van der Waals surface area contributed by atoms with Crippen LogP contribution in [0.5, 0.6) is 17.2 Å². The van der Waals surface area contributed by atoms with E-state index < -0.39 is 0 Å². The summed E-state index contributed by atoms with van der Waals surface area (Å²) in [6.45, 7) is 3.14. The molecule has 2 N–H and O–H groups in total. The maximum atomic E-state index is 5.99. The average Bonchev–Trinajstić information content (AvgIpc) is 3.21. The zero-order valence-electron chi connectivity index (χ0n) is 16.5. The minimum absolute atomic E-state index is 0.368. The molecule has 1 aliphatic rings. The quantitative estimate of drug-likeness (QED) is 0.615. The van der Waals surface area contributed by atoms with Gasteiger partial charge in [0.05, 0.1) is 19.8 Å².